The normalized spacial score (nSPS) is 10.8. The number of H-pyrrole nitrogens is 1. The highest BCUT2D eigenvalue weighted by atomic mass is 16.6. The summed E-state index contributed by atoms with van der Waals surface area (Å²) < 4.78 is 10.1. The molecule has 26 heavy (non-hydrogen) atoms. The van der Waals surface area contributed by atoms with Crippen LogP contribution in [-0.4, -0.2) is 37.2 Å². The number of nitrogens with one attached hydrogen (secondary N) is 2. The van der Waals surface area contributed by atoms with Gasteiger partial charge in [-0.3, -0.25) is 4.79 Å². The van der Waals surface area contributed by atoms with Crippen molar-refractivity contribution in [3.05, 3.63) is 52.3 Å². The highest BCUT2D eigenvalue weighted by Crippen LogP contribution is 2.25. The Labute approximate surface area is 153 Å². The number of carbonyl (C=O) groups excluding carboxylic acids is 2. The third-order valence-corrected chi connectivity index (χ3v) is 4.22. The standard InChI is InChI=1S/C20H26N2O4/c1-12(2)15-8-6-7-9-16(15)22-19(23)18-13(3)17(14(4)21-18)20(24)26-11-10-25-5/h6-9,12,21H,10-11H2,1-5H3,(H,22,23). The Balaban J connectivity index is 2.23. The van der Waals surface area contributed by atoms with Crippen LogP contribution in [0.15, 0.2) is 24.3 Å². The number of benzene rings is 1. The van der Waals surface area contributed by atoms with Gasteiger partial charge in [-0.15, -0.1) is 0 Å². The molecular formula is C20H26N2O4. The Morgan fingerprint density at radius 1 is 1.15 bits per heavy atom. The summed E-state index contributed by atoms with van der Waals surface area (Å²) in [4.78, 5) is 28.0. The summed E-state index contributed by atoms with van der Waals surface area (Å²) in [5.74, 6) is -0.464. The minimum absolute atomic E-state index is 0.169. The van der Waals surface area contributed by atoms with Crippen molar-refractivity contribution < 1.29 is 19.1 Å². The number of methoxy groups -OCH3 is 1. The molecule has 0 saturated carbocycles. The monoisotopic (exact) mass is 358 g/mol. The number of esters is 1. The van der Waals surface area contributed by atoms with Crippen molar-refractivity contribution in [1.29, 1.82) is 0 Å². The average molecular weight is 358 g/mol. The van der Waals surface area contributed by atoms with E-state index in [0.717, 1.165) is 11.3 Å². The van der Waals surface area contributed by atoms with Crippen molar-refractivity contribution in [1.82, 2.24) is 4.98 Å². The van der Waals surface area contributed by atoms with Gasteiger partial charge in [-0.05, 0) is 37.0 Å². The van der Waals surface area contributed by atoms with Crippen LogP contribution >= 0.6 is 0 Å². The van der Waals surface area contributed by atoms with E-state index in [1.165, 1.54) is 7.11 Å². The van der Waals surface area contributed by atoms with E-state index in [1.54, 1.807) is 13.8 Å². The predicted octanol–water partition coefficient (Wildman–Crippen LogP) is 3.81. The van der Waals surface area contributed by atoms with Gasteiger partial charge in [0.25, 0.3) is 5.91 Å². The van der Waals surface area contributed by atoms with Crippen LogP contribution in [0, 0.1) is 13.8 Å². The van der Waals surface area contributed by atoms with E-state index in [4.69, 9.17) is 9.47 Å². The third-order valence-electron chi connectivity index (χ3n) is 4.22. The number of aromatic nitrogens is 1. The maximum atomic E-state index is 12.7. The molecule has 2 N–H and O–H groups in total. The topological polar surface area (TPSA) is 80.4 Å². The third kappa shape index (κ3) is 4.32. The van der Waals surface area contributed by atoms with Crippen LogP contribution in [0.3, 0.4) is 0 Å². The number of hydrogen-bond donors (Lipinski definition) is 2. The summed E-state index contributed by atoms with van der Waals surface area (Å²) in [6, 6.07) is 7.69. The molecule has 0 aliphatic carbocycles. The zero-order valence-electron chi connectivity index (χ0n) is 15.9. The van der Waals surface area contributed by atoms with Gasteiger partial charge in [0.2, 0.25) is 0 Å². The minimum Gasteiger partial charge on any atom is -0.460 e. The van der Waals surface area contributed by atoms with Crippen molar-refractivity contribution in [3.8, 4) is 0 Å². The summed E-state index contributed by atoms with van der Waals surface area (Å²) >= 11 is 0. The molecule has 1 heterocycles. The van der Waals surface area contributed by atoms with Crippen molar-refractivity contribution in [2.45, 2.75) is 33.6 Å². The van der Waals surface area contributed by atoms with Crippen molar-refractivity contribution in [2.24, 2.45) is 0 Å². The minimum atomic E-state index is -0.463. The van der Waals surface area contributed by atoms with Crippen molar-refractivity contribution in [3.63, 3.8) is 0 Å². The molecule has 0 saturated heterocycles. The van der Waals surface area contributed by atoms with Crippen LogP contribution in [0.1, 0.15) is 57.4 Å². The second-order valence-electron chi connectivity index (χ2n) is 6.45. The predicted molar refractivity (Wildman–Crippen MR) is 101 cm³/mol. The van der Waals surface area contributed by atoms with E-state index in [9.17, 15) is 9.59 Å². The number of ether oxygens (including phenoxy) is 2. The maximum absolute atomic E-state index is 12.7. The molecule has 1 aromatic heterocycles. The van der Waals surface area contributed by atoms with Gasteiger partial charge in [0.1, 0.15) is 12.3 Å². The van der Waals surface area contributed by atoms with Crippen LogP contribution in [0.4, 0.5) is 5.69 Å². The fourth-order valence-electron chi connectivity index (χ4n) is 2.87. The Hall–Kier alpha value is -2.60. The molecule has 0 fully saturated rings. The van der Waals surface area contributed by atoms with E-state index >= 15 is 0 Å². The average Bonchev–Trinajstić information content (AvgIpc) is 2.90. The first kappa shape index (κ1) is 19.7. The van der Waals surface area contributed by atoms with Crippen molar-refractivity contribution >= 4 is 17.6 Å². The van der Waals surface area contributed by atoms with Gasteiger partial charge in [-0.1, -0.05) is 32.0 Å². The highest BCUT2D eigenvalue weighted by molar-refractivity contribution is 6.07. The molecular weight excluding hydrogens is 332 g/mol. The Morgan fingerprint density at radius 3 is 2.50 bits per heavy atom. The van der Waals surface area contributed by atoms with E-state index in [-0.39, 0.29) is 18.4 Å². The quantitative estimate of drug-likeness (QED) is 0.582. The lowest BCUT2D eigenvalue weighted by Crippen LogP contribution is -2.16. The second kappa shape index (κ2) is 8.67. The lowest BCUT2D eigenvalue weighted by atomic mass is 10.0. The zero-order chi connectivity index (χ0) is 19.3. The highest BCUT2D eigenvalue weighted by Gasteiger charge is 2.23. The van der Waals surface area contributed by atoms with Crippen LogP contribution in [0.5, 0.6) is 0 Å². The molecule has 0 spiro atoms. The summed E-state index contributed by atoms with van der Waals surface area (Å²) in [6.45, 7) is 8.13. The van der Waals surface area contributed by atoms with E-state index in [1.807, 2.05) is 24.3 Å². The van der Waals surface area contributed by atoms with Gasteiger partial charge in [0, 0.05) is 18.5 Å². The van der Waals surface area contributed by atoms with Gasteiger partial charge in [0.05, 0.1) is 12.2 Å². The second-order valence-corrected chi connectivity index (χ2v) is 6.45. The molecule has 0 aliphatic heterocycles. The Kier molecular flexibility index (Phi) is 6.58. The van der Waals surface area contributed by atoms with Crippen LogP contribution in [0.25, 0.3) is 0 Å². The molecule has 6 nitrogen and oxygen atoms in total. The van der Waals surface area contributed by atoms with Gasteiger partial charge in [-0.2, -0.15) is 0 Å². The molecule has 0 unspecified atom stereocenters. The number of carbonyl (C=O) groups is 2. The molecule has 1 aromatic carbocycles. The molecule has 140 valence electrons. The van der Waals surface area contributed by atoms with Gasteiger partial charge >= 0.3 is 5.97 Å². The molecule has 2 rings (SSSR count). The number of hydrogen-bond acceptors (Lipinski definition) is 4. The Morgan fingerprint density at radius 2 is 1.85 bits per heavy atom. The lowest BCUT2D eigenvalue weighted by Gasteiger charge is -2.13. The molecule has 0 aliphatic rings. The first-order valence-corrected chi connectivity index (χ1v) is 8.62. The first-order chi connectivity index (χ1) is 12.4. The van der Waals surface area contributed by atoms with E-state index in [0.29, 0.717) is 29.1 Å². The lowest BCUT2D eigenvalue weighted by molar-refractivity contribution is 0.0387. The fourth-order valence-corrected chi connectivity index (χ4v) is 2.87. The number of aromatic amines is 1. The fraction of sp³-hybridized carbons (Fsp3) is 0.400. The number of rotatable bonds is 7. The number of amides is 1. The summed E-state index contributed by atoms with van der Waals surface area (Å²) in [5, 5.41) is 2.94. The van der Waals surface area contributed by atoms with E-state index in [2.05, 4.69) is 24.1 Å². The summed E-state index contributed by atoms with van der Waals surface area (Å²) in [7, 11) is 1.54. The zero-order valence-corrected chi connectivity index (χ0v) is 15.9. The first-order valence-electron chi connectivity index (χ1n) is 8.62. The van der Waals surface area contributed by atoms with Crippen LogP contribution in [-0.2, 0) is 9.47 Å². The van der Waals surface area contributed by atoms with Gasteiger partial charge < -0.3 is 19.8 Å². The van der Waals surface area contributed by atoms with E-state index < -0.39 is 5.97 Å². The van der Waals surface area contributed by atoms with Crippen LogP contribution in [0.2, 0.25) is 0 Å². The maximum Gasteiger partial charge on any atom is 0.340 e. The summed E-state index contributed by atoms with van der Waals surface area (Å²) in [5.41, 5.74) is 3.75. The SMILES string of the molecule is COCCOC(=O)c1c(C)[nH]c(C(=O)Nc2ccccc2C(C)C)c1C. The largest absolute Gasteiger partial charge is 0.460 e. The Bertz CT molecular complexity index is 793. The molecule has 0 atom stereocenters. The number of aryl methyl sites for hydroxylation is 1. The summed E-state index contributed by atoms with van der Waals surface area (Å²) in [6.07, 6.45) is 0. The molecule has 6 heteroatoms. The smallest absolute Gasteiger partial charge is 0.340 e. The molecule has 0 bridgehead atoms. The van der Waals surface area contributed by atoms with Crippen LogP contribution < -0.4 is 5.32 Å². The number of para-hydroxylation sites is 1. The van der Waals surface area contributed by atoms with Crippen molar-refractivity contribution in [2.75, 3.05) is 25.6 Å². The van der Waals surface area contributed by atoms with Gasteiger partial charge in [-0.25, -0.2) is 4.79 Å². The number of anilines is 1. The van der Waals surface area contributed by atoms with Gasteiger partial charge in [0.15, 0.2) is 0 Å². The molecule has 2 aromatic rings. The molecule has 0 radical (unpaired) electrons. The molecule has 1 amide bonds.